The number of nitrogens with zero attached hydrogens (tertiary/aromatic N) is 3. The quantitative estimate of drug-likeness (QED) is 0.387. The Morgan fingerprint density at radius 1 is 1.00 bits per heavy atom. The van der Waals surface area contributed by atoms with E-state index in [0.29, 0.717) is 37.7 Å². The van der Waals surface area contributed by atoms with Crippen LogP contribution in [0.1, 0.15) is 35.9 Å². The van der Waals surface area contributed by atoms with Gasteiger partial charge in [-0.05, 0) is 53.9 Å². The molecule has 0 saturated carbocycles. The van der Waals surface area contributed by atoms with Gasteiger partial charge in [-0.15, -0.1) is 0 Å². The van der Waals surface area contributed by atoms with Gasteiger partial charge in [0.25, 0.3) is 0 Å². The Balaban J connectivity index is 1.27. The first-order chi connectivity index (χ1) is 16.2. The van der Waals surface area contributed by atoms with Gasteiger partial charge < -0.3 is 14.2 Å². The van der Waals surface area contributed by atoms with Crippen LogP contribution in [0, 0.1) is 5.82 Å². The third kappa shape index (κ3) is 4.77. The highest BCUT2D eigenvalue weighted by molar-refractivity contribution is 5.78. The highest BCUT2D eigenvalue weighted by Crippen LogP contribution is 2.34. The van der Waals surface area contributed by atoms with E-state index in [2.05, 4.69) is 10.1 Å². The predicted octanol–water partition coefficient (Wildman–Crippen LogP) is 5.32. The van der Waals surface area contributed by atoms with Gasteiger partial charge in [0.15, 0.2) is 0 Å². The van der Waals surface area contributed by atoms with Gasteiger partial charge in [-0.2, -0.15) is 4.98 Å². The minimum absolute atomic E-state index is 0.0103. The Kier molecular flexibility index (Phi) is 5.85. The summed E-state index contributed by atoms with van der Waals surface area (Å²) in [5, 5.41) is 4.11. The zero-order valence-corrected chi connectivity index (χ0v) is 17.9. The lowest BCUT2D eigenvalue weighted by atomic mass is 10.1. The van der Waals surface area contributed by atoms with Crippen LogP contribution in [0.5, 0.6) is 5.75 Å². The second kappa shape index (κ2) is 9.24. The van der Waals surface area contributed by atoms with Gasteiger partial charge >= 0.3 is 0 Å². The van der Waals surface area contributed by atoms with E-state index in [0.717, 1.165) is 22.4 Å². The first-order valence-electron chi connectivity index (χ1n) is 10.8. The number of amides is 1. The van der Waals surface area contributed by atoms with Crippen molar-refractivity contribution in [2.75, 3.05) is 0 Å². The highest BCUT2D eigenvalue weighted by atomic mass is 19.1. The largest absolute Gasteiger partial charge is 0.489 e. The molecule has 33 heavy (non-hydrogen) atoms. The molecule has 5 rings (SSSR count). The van der Waals surface area contributed by atoms with Crippen molar-refractivity contribution in [3.05, 3.63) is 102 Å². The Morgan fingerprint density at radius 2 is 1.79 bits per heavy atom. The van der Waals surface area contributed by atoms with Crippen LogP contribution in [0.3, 0.4) is 0 Å². The normalized spacial score (nSPS) is 15.7. The van der Waals surface area contributed by atoms with Crippen LogP contribution in [0.25, 0.3) is 11.4 Å². The topological polar surface area (TPSA) is 68.5 Å². The Bertz CT molecular complexity index is 1240. The van der Waals surface area contributed by atoms with Gasteiger partial charge in [-0.3, -0.25) is 4.79 Å². The smallest absolute Gasteiger partial charge is 0.249 e. The van der Waals surface area contributed by atoms with Crippen molar-refractivity contribution in [2.45, 2.75) is 32.0 Å². The maximum Gasteiger partial charge on any atom is 0.249 e. The van der Waals surface area contributed by atoms with E-state index in [1.807, 2.05) is 54.6 Å². The fourth-order valence-electron chi connectivity index (χ4n) is 3.95. The summed E-state index contributed by atoms with van der Waals surface area (Å²) in [6.07, 6.45) is 0.979. The molecule has 7 heteroatoms. The molecule has 1 aromatic heterocycles. The number of ether oxygens (including phenoxy) is 1. The van der Waals surface area contributed by atoms with E-state index in [9.17, 15) is 9.18 Å². The first-order valence-corrected chi connectivity index (χ1v) is 10.8. The monoisotopic (exact) mass is 443 g/mol. The van der Waals surface area contributed by atoms with Gasteiger partial charge in [0, 0.05) is 18.5 Å². The number of rotatable bonds is 7. The van der Waals surface area contributed by atoms with Crippen molar-refractivity contribution in [3.63, 3.8) is 0 Å². The second-order valence-corrected chi connectivity index (χ2v) is 7.96. The predicted molar refractivity (Wildman–Crippen MR) is 119 cm³/mol. The summed E-state index contributed by atoms with van der Waals surface area (Å²) in [5.41, 5.74) is 2.61. The molecular formula is C26H22FN3O3. The Labute approximate surface area is 190 Å². The molecule has 0 spiro atoms. The molecule has 4 aromatic rings. The van der Waals surface area contributed by atoms with E-state index in [1.54, 1.807) is 17.0 Å². The maximum absolute atomic E-state index is 13.6. The minimum Gasteiger partial charge on any atom is -0.489 e. The molecule has 6 nitrogen and oxygen atoms in total. The number of carbonyl (C=O) groups is 1. The average molecular weight is 443 g/mol. The molecule has 1 aliphatic heterocycles. The zero-order chi connectivity index (χ0) is 22.6. The van der Waals surface area contributed by atoms with Gasteiger partial charge in [0.05, 0.1) is 0 Å². The summed E-state index contributed by atoms with van der Waals surface area (Å²) in [6.45, 7) is 0.788. The Morgan fingerprint density at radius 3 is 2.58 bits per heavy atom. The molecule has 166 valence electrons. The summed E-state index contributed by atoms with van der Waals surface area (Å²) in [4.78, 5) is 18.7. The van der Waals surface area contributed by atoms with Gasteiger partial charge in [0.2, 0.25) is 17.6 Å². The average Bonchev–Trinajstić information content (AvgIpc) is 3.46. The van der Waals surface area contributed by atoms with Gasteiger partial charge in [-0.1, -0.05) is 47.6 Å². The lowest BCUT2D eigenvalue weighted by Gasteiger charge is -2.22. The molecule has 1 amide bonds. The van der Waals surface area contributed by atoms with E-state index in [-0.39, 0.29) is 17.8 Å². The molecular weight excluding hydrogens is 421 g/mol. The third-order valence-corrected chi connectivity index (χ3v) is 5.66. The van der Waals surface area contributed by atoms with Crippen molar-refractivity contribution < 1.29 is 18.4 Å². The molecule has 3 aromatic carbocycles. The number of carbonyl (C=O) groups excluding carboxylic acids is 1. The fourth-order valence-corrected chi connectivity index (χ4v) is 3.95. The van der Waals surface area contributed by atoms with Gasteiger partial charge in [0.1, 0.15) is 24.2 Å². The van der Waals surface area contributed by atoms with E-state index in [4.69, 9.17) is 9.26 Å². The number of aromatic nitrogens is 2. The molecule has 1 fully saturated rings. The minimum atomic E-state index is -0.327. The summed E-state index contributed by atoms with van der Waals surface area (Å²) in [7, 11) is 0. The van der Waals surface area contributed by atoms with Crippen LogP contribution in [0.15, 0.2) is 83.4 Å². The molecule has 1 saturated heterocycles. The third-order valence-electron chi connectivity index (χ3n) is 5.66. The van der Waals surface area contributed by atoms with E-state index < -0.39 is 0 Å². The van der Waals surface area contributed by atoms with Crippen molar-refractivity contribution in [1.82, 2.24) is 15.0 Å². The molecule has 2 heterocycles. The van der Waals surface area contributed by atoms with Crippen LogP contribution in [-0.2, 0) is 17.9 Å². The first kappa shape index (κ1) is 20.9. The number of likely N-dealkylation sites (tertiary alicyclic amines) is 1. The van der Waals surface area contributed by atoms with Crippen molar-refractivity contribution >= 4 is 5.91 Å². The number of hydrogen-bond donors (Lipinski definition) is 0. The van der Waals surface area contributed by atoms with Crippen LogP contribution in [-0.4, -0.2) is 20.9 Å². The van der Waals surface area contributed by atoms with Crippen molar-refractivity contribution in [2.24, 2.45) is 0 Å². The van der Waals surface area contributed by atoms with Crippen LogP contribution in [0.2, 0.25) is 0 Å². The van der Waals surface area contributed by atoms with Crippen molar-refractivity contribution in [1.29, 1.82) is 0 Å². The van der Waals surface area contributed by atoms with Crippen molar-refractivity contribution in [3.8, 4) is 17.1 Å². The second-order valence-electron chi connectivity index (χ2n) is 7.96. The molecule has 0 N–H and O–H groups in total. The number of benzene rings is 3. The van der Waals surface area contributed by atoms with E-state index in [1.165, 1.54) is 12.1 Å². The molecule has 1 aliphatic rings. The lowest BCUT2D eigenvalue weighted by Crippen LogP contribution is -2.27. The Hall–Kier alpha value is -4.00. The summed E-state index contributed by atoms with van der Waals surface area (Å²) in [5.74, 6) is 1.24. The summed E-state index contributed by atoms with van der Waals surface area (Å²) >= 11 is 0. The number of hydrogen-bond acceptors (Lipinski definition) is 5. The summed E-state index contributed by atoms with van der Waals surface area (Å²) in [6, 6.07) is 23.4. The SMILES string of the molecule is O=C1CCC(c2nc(-c3ccc(OCc4ccccc4)cc3)no2)N1Cc1cccc(F)c1. The van der Waals surface area contributed by atoms with E-state index >= 15 is 0 Å². The standard InChI is InChI=1S/C26H22FN3O3/c27-21-8-4-7-19(15-21)16-30-23(13-14-24(30)31)26-28-25(29-33-26)20-9-11-22(12-10-20)32-17-18-5-2-1-3-6-18/h1-12,15,23H,13-14,16-17H2. The lowest BCUT2D eigenvalue weighted by molar-refractivity contribution is -0.130. The number of halogens is 1. The molecule has 0 bridgehead atoms. The fraction of sp³-hybridized carbons (Fsp3) is 0.192. The molecule has 1 atom stereocenters. The van der Waals surface area contributed by atoms with Crippen LogP contribution in [0.4, 0.5) is 4.39 Å². The molecule has 0 aliphatic carbocycles. The summed E-state index contributed by atoms with van der Waals surface area (Å²) < 4.78 is 24.9. The molecule has 0 radical (unpaired) electrons. The highest BCUT2D eigenvalue weighted by Gasteiger charge is 2.36. The molecule has 1 unspecified atom stereocenters. The maximum atomic E-state index is 13.6. The van der Waals surface area contributed by atoms with Crippen LogP contribution >= 0.6 is 0 Å². The van der Waals surface area contributed by atoms with Gasteiger partial charge in [-0.25, -0.2) is 4.39 Å². The zero-order valence-electron chi connectivity index (χ0n) is 17.9. The van der Waals surface area contributed by atoms with Crippen LogP contribution < -0.4 is 4.74 Å².